The first kappa shape index (κ1) is 10.2. The Morgan fingerprint density at radius 2 is 2.19 bits per heavy atom. The molecule has 0 aliphatic carbocycles. The van der Waals surface area contributed by atoms with Crippen molar-refractivity contribution in [1.29, 1.82) is 0 Å². The van der Waals surface area contributed by atoms with Crippen molar-refractivity contribution in [2.45, 2.75) is 0 Å². The highest BCUT2D eigenvalue weighted by Crippen LogP contribution is 2.25. The lowest BCUT2D eigenvalue weighted by molar-refractivity contribution is 0.0698. The van der Waals surface area contributed by atoms with Gasteiger partial charge in [-0.05, 0) is 5.56 Å². The monoisotopic (exact) mass is 214 g/mol. The average molecular weight is 214 g/mol. The second-order valence-corrected chi connectivity index (χ2v) is 3.26. The minimum Gasteiger partial charge on any atom is -0.478 e. The van der Waals surface area contributed by atoms with Gasteiger partial charge in [0.2, 0.25) is 0 Å². The summed E-state index contributed by atoms with van der Waals surface area (Å²) in [6, 6.07) is 7.41. The zero-order valence-corrected chi connectivity index (χ0v) is 8.47. The van der Waals surface area contributed by atoms with Gasteiger partial charge in [0.05, 0.1) is 11.9 Å². The highest BCUT2D eigenvalue weighted by atomic mass is 16.4. The van der Waals surface area contributed by atoms with Crippen molar-refractivity contribution < 1.29 is 9.90 Å². The number of nitrogens with zero attached hydrogens (tertiary/aromatic N) is 1. The number of aromatic nitrogens is 2. The van der Waals surface area contributed by atoms with Crippen LogP contribution in [0, 0.1) is 0 Å². The molecule has 2 rings (SSSR count). The number of aromatic carboxylic acids is 1. The first-order valence-corrected chi connectivity index (χ1v) is 4.72. The Kier molecular flexibility index (Phi) is 2.55. The third kappa shape index (κ3) is 1.61. The van der Waals surface area contributed by atoms with Crippen LogP contribution < -0.4 is 0 Å². The third-order valence-corrected chi connectivity index (χ3v) is 2.32. The zero-order valence-electron chi connectivity index (χ0n) is 8.47. The smallest absolute Gasteiger partial charge is 0.339 e. The molecule has 0 saturated carbocycles. The summed E-state index contributed by atoms with van der Waals surface area (Å²) >= 11 is 0. The predicted molar refractivity (Wildman–Crippen MR) is 61.1 cm³/mol. The first-order valence-electron chi connectivity index (χ1n) is 4.72. The van der Waals surface area contributed by atoms with Crippen LogP contribution in [0.2, 0.25) is 0 Å². The van der Waals surface area contributed by atoms with Gasteiger partial charge in [-0.1, -0.05) is 36.9 Å². The lowest BCUT2D eigenvalue weighted by Gasteiger charge is -2.04. The fraction of sp³-hybridized carbons (Fsp3) is 0. The van der Waals surface area contributed by atoms with E-state index in [9.17, 15) is 4.79 Å². The number of hydrogen-bond acceptors (Lipinski definition) is 2. The molecule has 0 radical (unpaired) electrons. The topological polar surface area (TPSA) is 66.0 Å². The maximum atomic E-state index is 11.0. The number of rotatable bonds is 3. The summed E-state index contributed by atoms with van der Waals surface area (Å²) in [5.41, 5.74) is 2.32. The molecular weight excluding hydrogens is 204 g/mol. The van der Waals surface area contributed by atoms with Crippen molar-refractivity contribution >= 4 is 12.0 Å². The van der Waals surface area contributed by atoms with E-state index in [0.29, 0.717) is 5.69 Å². The number of carboxylic acid groups (broad SMARTS) is 1. The number of benzene rings is 1. The van der Waals surface area contributed by atoms with E-state index in [1.165, 1.54) is 6.20 Å². The second kappa shape index (κ2) is 4.02. The fourth-order valence-electron chi connectivity index (χ4n) is 1.56. The molecule has 1 heterocycles. The van der Waals surface area contributed by atoms with E-state index in [0.717, 1.165) is 11.1 Å². The molecule has 0 fully saturated rings. The SMILES string of the molecule is C=Cc1ccccc1-c1[nH]ncc1C(=O)O. The van der Waals surface area contributed by atoms with Crippen molar-refractivity contribution in [2.75, 3.05) is 0 Å². The van der Waals surface area contributed by atoms with Crippen LogP contribution in [0.1, 0.15) is 15.9 Å². The maximum Gasteiger partial charge on any atom is 0.339 e. The molecule has 1 aromatic carbocycles. The van der Waals surface area contributed by atoms with E-state index < -0.39 is 5.97 Å². The number of H-pyrrole nitrogens is 1. The second-order valence-electron chi connectivity index (χ2n) is 3.26. The van der Waals surface area contributed by atoms with Gasteiger partial charge < -0.3 is 5.11 Å². The quantitative estimate of drug-likeness (QED) is 0.824. The molecule has 1 aromatic heterocycles. The Hall–Kier alpha value is -2.36. The standard InChI is InChI=1S/C12H10N2O2/c1-2-8-5-3-4-6-9(8)11-10(12(15)16)7-13-14-11/h2-7H,1H2,(H,13,14)(H,15,16). The van der Waals surface area contributed by atoms with Gasteiger partial charge in [0.1, 0.15) is 5.56 Å². The largest absolute Gasteiger partial charge is 0.478 e. The Bertz CT molecular complexity index is 543. The van der Waals surface area contributed by atoms with Crippen LogP contribution in [0.3, 0.4) is 0 Å². The van der Waals surface area contributed by atoms with E-state index in [1.807, 2.05) is 24.3 Å². The summed E-state index contributed by atoms with van der Waals surface area (Å²) in [6.45, 7) is 3.69. The fourth-order valence-corrected chi connectivity index (χ4v) is 1.56. The number of carboxylic acids is 1. The van der Waals surface area contributed by atoms with Gasteiger partial charge in [0.15, 0.2) is 0 Å². The van der Waals surface area contributed by atoms with Gasteiger partial charge in [-0.15, -0.1) is 0 Å². The van der Waals surface area contributed by atoms with Crippen LogP contribution in [0.5, 0.6) is 0 Å². The molecule has 0 atom stereocenters. The van der Waals surface area contributed by atoms with Crippen molar-refractivity contribution in [1.82, 2.24) is 10.2 Å². The Morgan fingerprint density at radius 1 is 1.44 bits per heavy atom. The van der Waals surface area contributed by atoms with Gasteiger partial charge in [-0.3, -0.25) is 5.10 Å². The summed E-state index contributed by atoms with van der Waals surface area (Å²) in [7, 11) is 0. The van der Waals surface area contributed by atoms with E-state index in [4.69, 9.17) is 5.11 Å². The van der Waals surface area contributed by atoms with Crippen LogP contribution in [-0.2, 0) is 0 Å². The molecule has 4 heteroatoms. The lowest BCUT2D eigenvalue weighted by atomic mass is 10.0. The van der Waals surface area contributed by atoms with Crippen LogP contribution in [0.15, 0.2) is 37.0 Å². The normalized spacial score (nSPS) is 10.0. The lowest BCUT2D eigenvalue weighted by Crippen LogP contribution is -1.97. The third-order valence-electron chi connectivity index (χ3n) is 2.32. The molecule has 0 amide bonds. The van der Waals surface area contributed by atoms with E-state index >= 15 is 0 Å². The van der Waals surface area contributed by atoms with Gasteiger partial charge in [0.25, 0.3) is 0 Å². The number of hydrogen-bond donors (Lipinski definition) is 2. The van der Waals surface area contributed by atoms with Gasteiger partial charge in [-0.25, -0.2) is 4.79 Å². The maximum absolute atomic E-state index is 11.0. The average Bonchev–Trinajstić information content (AvgIpc) is 2.77. The van der Waals surface area contributed by atoms with Crippen molar-refractivity contribution in [3.05, 3.63) is 48.2 Å². The van der Waals surface area contributed by atoms with Crippen molar-refractivity contribution in [3.63, 3.8) is 0 Å². The zero-order chi connectivity index (χ0) is 11.5. The molecule has 2 N–H and O–H groups in total. The van der Waals surface area contributed by atoms with Crippen LogP contribution in [0.25, 0.3) is 17.3 Å². The van der Waals surface area contributed by atoms with Gasteiger partial charge >= 0.3 is 5.97 Å². The molecule has 0 aliphatic heterocycles. The highest BCUT2D eigenvalue weighted by Gasteiger charge is 2.15. The van der Waals surface area contributed by atoms with Gasteiger partial charge in [-0.2, -0.15) is 5.10 Å². The molecule has 0 unspecified atom stereocenters. The van der Waals surface area contributed by atoms with Gasteiger partial charge in [0, 0.05) is 5.56 Å². The Labute approximate surface area is 92.2 Å². The van der Waals surface area contributed by atoms with Crippen molar-refractivity contribution in [2.24, 2.45) is 0 Å². The van der Waals surface area contributed by atoms with Crippen LogP contribution in [-0.4, -0.2) is 21.3 Å². The number of nitrogens with one attached hydrogen (secondary N) is 1. The summed E-state index contributed by atoms with van der Waals surface area (Å²) in [4.78, 5) is 11.0. The summed E-state index contributed by atoms with van der Waals surface area (Å²) in [5, 5.41) is 15.4. The number of aromatic amines is 1. The summed E-state index contributed by atoms with van der Waals surface area (Å²) < 4.78 is 0. The van der Waals surface area contributed by atoms with Crippen LogP contribution in [0.4, 0.5) is 0 Å². The molecule has 2 aromatic rings. The highest BCUT2D eigenvalue weighted by molar-refractivity contribution is 5.95. The van der Waals surface area contributed by atoms with E-state index in [-0.39, 0.29) is 5.56 Å². The van der Waals surface area contributed by atoms with E-state index in [1.54, 1.807) is 6.08 Å². The molecule has 4 nitrogen and oxygen atoms in total. The molecule has 0 spiro atoms. The molecule has 16 heavy (non-hydrogen) atoms. The molecular formula is C12H10N2O2. The summed E-state index contributed by atoms with van der Waals surface area (Å²) in [5.74, 6) is -0.998. The minimum atomic E-state index is -0.998. The van der Waals surface area contributed by atoms with E-state index in [2.05, 4.69) is 16.8 Å². The molecule has 0 saturated heterocycles. The minimum absolute atomic E-state index is 0.161. The first-order chi connectivity index (χ1) is 7.74. The molecule has 0 bridgehead atoms. The van der Waals surface area contributed by atoms with Crippen LogP contribution >= 0.6 is 0 Å². The Morgan fingerprint density at radius 3 is 2.88 bits per heavy atom. The van der Waals surface area contributed by atoms with Crippen molar-refractivity contribution in [3.8, 4) is 11.3 Å². The predicted octanol–water partition coefficient (Wildman–Crippen LogP) is 2.42. The number of carbonyl (C=O) groups is 1. The summed E-state index contributed by atoms with van der Waals surface area (Å²) in [6.07, 6.45) is 2.99. The Balaban J connectivity index is 2.63. The molecule has 0 aliphatic rings. The molecule has 80 valence electrons.